The average molecular weight is 517 g/mol. The van der Waals surface area contributed by atoms with E-state index in [1.165, 1.54) is 0 Å². The summed E-state index contributed by atoms with van der Waals surface area (Å²) in [6.45, 7) is 1.70. The van der Waals surface area contributed by atoms with E-state index in [1.807, 2.05) is 42.5 Å². The summed E-state index contributed by atoms with van der Waals surface area (Å²) in [4.78, 5) is 24.9. The first kappa shape index (κ1) is 27.2. The molecule has 36 heavy (non-hydrogen) atoms. The molecule has 0 aliphatic carbocycles. The van der Waals surface area contributed by atoms with E-state index in [4.69, 9.17) is 26.0 Å². The number of aromatic nitrogens is 1. The second-order valence-corrected chi connectivity index (χ2v) is 9.22. The van der Waals surface area contributed by atoms with Gasteiger partial charge in [0.15, 0.2) is 0 Å². The first-order valence-electron chi connectivity index (χ1n) is 11.4. The maximum atomic E-state index is 12.7. The molecule has 10 heteroatoms. The summed E-state index contributed by atoms with van der Waals surface area (Å²) in [6, 6.07) is 15.7. The Morgan fingerprint density at radius 3 is 2.50 bits per heavy atom. The van der Waals surface area contributed by atoms with Crippen LogP contribution < -0.4 is 5.32 Å². The molecule has 0 fully saturated rings. The van der Waals surface area contributed by atoms with Crippen molar-refractivity contribution in [1.82, 2.24) is 10.5 Å². The van der Waals surface area contributed by atoms with Gasteiger partial charge in [0.25, 0.3) is 11.8 Å². The SMILES string of the molecule is CC(CCOCCO)(C[C@@H](Cc1ccc(-c2cccc(Cl)c2)cc1)NC(=O)c1cc(O)no1)C(=O)O. The number of aliphatic hydroxyl groups is 1. The normalized spacial score (nSPS) is 13.6. The third-order valence-corrected chi connectivity index (χ3v) is 6.13. The zero-order valence-corrected chi connectivity index (χ0v) is 20.6. The monoisotopic (exact) mass is 516 g/mol. The predicted octanol–water partition coefficient (Wildman–Crippen LogP) is 3.92. The molecule has 1 heterocycles. The van der Waals surface area contributed by atoms with Crippen molar-refractivity contribution in [1.29, 1.82) is 0 Å². The number of hydrogen-bond donors (Lipinski definition) is 4. The third-order valence-electron chi connectivity index (χ3n) is 5.90. The van der Waals surface area contributed by atoms with E-state index in [2.05, 4.69) is 10.5 Å². The van der Waals surface area contributed by atoms with Crippen LogP contribution in [0.4, 0.5) is 0 Å². The van der Waals surface area contributed by atoms with Gasteiger partial charge in [0.1, 0.15) is 0 Å². The van der Waals surface area contributed by atoms with Crippen LogP contribution in [-0.4, -0.2) is 58.2 Å². The number of nitrogens with one attached hydrogen (secondary N) is 1. The molecule has 1 amide bonds. The fourth-order valence-electron chi connectivity index (χ4n) is 3.89. The van der Waals surface area contributed by atoms with Crippen molar-refractivity contribution in [3.8, 4) is 17.0 Å². The van der Waals surface area contributed by atoms with Crippen LogP contribution >= 0.6 is 11.6 Å². The molecule has 0 spiro atoms. The molecule has 0 aliphatic heterocycles. The van der Waals surface area contributed by atoms with Gasteiger partial charge in [0.05, 0.1) is 24.7 Å². The van der Waals surface area contributed by atoms with E-state index < -0.39 is 29.2 Å². The van der Waals surface area contributed by atoms with Crippen LogP contribution in [0.3, 0.4) is 0 Å². The highest BCUT2D eigenvalue weighted by Gasteiger charge is 2.36. The molecule has 9 nitrogen and oxygen atoms in total. The number of amides is 1. The molecule has 0 saturated carbocycles. The first-order valence-corrected chi connectivity index (χ1v) is 11.8. The molecule has 3 aromatic rings. The molecule has 2 aromatic carbocycles. The Morgan fingerprint density at radius 2 is 1.89 bits per heavy atom. The molecule has 2 atom stereocenters. The van der Waals surface area contributed by atoms with Gasteiger partial charge in [-0.15, -0.1) is 0 Å². The molecule has 192 valence electrons. The number of ether oxygens (including phenoxy) is 1. The molecular weight excluding hydrogens is 488 g/mol. The standard InChI is InChI=1S/C26H29ClN2O7/c1-26(25(33)34,9-11-35-12-10-30)16-21(28-24(32)22-15-23(31)29-36-22)13-17-5-7-18(8-6-17)19-3-2-4-20(27)14-19/h2-8,14-15,21,30H,9-13,16H2,1H3,(H,28,32)(H,29,31)(H,33,34)/t21-,26?/m1/s1. The van der Waals surface area contributed by atoms with E-state index in [0.29, 0.717) is 11.4 Å². The number of carboxylic acid groups (broad SMARTS) is 1. The highest BCUT2D eigenvalue weighted by atomic mass is 35.5. The quantitative estimate of drug-likeness (QED) is 0.250. The van der Waals surface area contributed by atoms with Crippen LogP contribution in [-0.2, 0) is 16.0 Å². The van der Waals surface area contributed by atoms with Gasteiger partial charge in [-0.2, -0.15) is 0 Å². The highest BCUT2D eigenvalue weighted by molar-refractivity contribution is 6.30. The van der Waals surface area contributed by atoms with E-state index >= 15 is 0 Å². The number of hydrogen-bond acceptors (Lipinski definition) is 7. The van der Waals surface area contributed by atoms with Gasteiger partial charge in [0.2, 0.25) is 5.76 Å². The molecule has 0 bridgehead atoms. The van der Waals surface area contributed by atoms with Gasteiger partial charge >= 0.3 is 5.97 Å². The van der Waals surface area contributed by atoms with Crippen LogP contribution in [0.15, 0.2) is 59.1 Å². The number of carbonyl (C=O) groups is 2. The predicted molar refractivity (Wildman–Crippen MR) is 133 cm³/mol. The van der Waals surface area contributed by atoms with E-state index in [9.17, 15) is 19.8 Å². The van der Waals surface area contributed by atoms with Crippen LogP contribution in [0.25, 0.3) is 11.1 Å². The van der Waals surface area contributed by atoms with Crippen molar-refractivity contribution in [2.24, 2.45) is 5.41 Å². The summed E-state index contributed by atoms with van der Waals surface area (Å²) >= 11 is 6.10. The number of carboxylic acids is 1. The lowest BCUT2D eigenvalue weighted by Crippen LogP contribution is -2.43. The second-order valence-electron chi connectivity index (χ2n) is 8.79. The molecule has 1 aromatic heterocycles. The van der Waals surface area contributed by atoms with Crippen LogP contribution in [0.5, 0.6) is 5.88 Å². The van der Waals surface area contributed by atoms with E-state index in [1.54, 1.807) is 13.0 Å². The fourth-order valence-corrected chi connectivity index (χ4v) is 4.08. The highest BCUT2D eigenvalue weighted by Crippen LogP contribution is 2.30. The number of halogens is 1. The third kappa shape index (κ3) is 7.55. The van der Waals surface area contributed by atoms with E-state index in [-0.39, 0.29) is 38.4 Å². The van der Waals surface area contributed by atoms with Crippen molar-refractivity contribution in [2.45, 2.75) is 32.2 Å². The lowest BCUT2D eigenvalue weighted by Gasteiger charge is -2.30. The Hall–Kier alpha value is -3.40. The van der Waals surface area contributed by atoms with Gasteiger partial charge in [-0.25, -0.2) is 0 Å². The average Bonchev–Trinajstić information content (AvgIpc) is 3.29. The minimum Gasteiger partial charge on any atom is -0.491 e. The summed E-state index contributed by atoms with van der Waals surface area (Å²) < 4.78 is 10.1. The Kier molecular flexibility index (Phi) is 9.46. The number of aromatic hydroxyl groups is 1. The Balaban J connectivity index is 1.79. The summed E-state index contributed by atoms with van der Waals surface area (Å²) in [5, 5.41) is 35.0. The second kappa shape index (κ2) is 12.5. The van der Waals surface area contributed by atoms with E-state index in [0.717, 1.165) is 22.8 Å². The lowest BCUT2D eigenvalue weighted by atomic mass is 9.79. The Labute approximate surface area is 213 Å². The van der Waals surface area contributed by atoms with Crippen LogP contribution in [0, 0.1) is 5.41 Å². The summed E-state index contributed by atoms with van der Waals surface area (Å²) in [5.41, 5.74) is 1.61. The molecule has 0 aliphatic rings. The largest absolute Gasteiger partial charge is 0.491 e. The van der Waals surface area contributed by atoms with Gasteiger partial charge in [-0.05, 0) is 60.2 Å². The molecule has 0 saturated heterocycles. The topological polar surface area (TPSA) is 142 Å². The minimum atomic E-state index is -1.21. The summed E-state index contributed by atoms with van der Waals surface area (Å²) in [6.07, 6.45) is 0.639. The van der Waals surface area contributed by atoms with Gasteiger partial charge in [-0.3, -0.25) is 9.59 Å². The molecule has 4 N–H and O–H groups in total. The molecule has 0 radical (unpaired) electrons. The fraction of sp³-hybridized carbons (Fsp3) is 0.346. The molecule has 1 unspecified atom stereocenters. The summed E-state index contributed by atoms with van der Waals surface area (Å²) in [7, 11) is 0. The molecule has 3 rings (SSSR count). The Morgan fingerprint density at radius 1 is 1.14 bits per heavy atom. The maximum Gasteiger partial charge on any atom is 0.309 e. The van der Waals surface area contributed by atoms with Gasteiger partial charge in [0, 0.05) is 17.7 Å². The summed E-state index contributed by atoms with van der Waals surface area (Å²) in [5.74, 6) is -2.25. The number of rotatable bonds is 13. The number of nitrogens with zero attached hydrogens (tertiary/aromatic N) is 1. The molecular formula is C26H29ClN2O7. The van der Waals surface area contributed by atoms with Gasteiger partial charge < -0.3 is 29.9 Å². The van der Waals surface area contributed by atoms with Crippen LogP contribution in [0.1, 0.15) is 35.9 Å². The maximum absolute atomic E-state index is 12.7. The zero-order valence-electron chi connectivity index (χ0n) is 19.8. The van der Waals surface area contributed by atoms with Crippen molar-refractivity contribution in [3.63, 3.8) is 0 Å². The zero-order chi connectivity index (χ0) is 26.1. The van der Waals surface area contributed by atoms with Crippen molar-refractivity contribution >= 4 is 23.5 Å². The number of aliphatic hydroxyl groups excluding tert-OH is 1. The van der Waals surface area contributed by atoms with Crippen LogP contribution in [0.2, 0.25) is 5.02 Å². The number of carbonyl (C=O) groups excluding carboxylic acids is 1. The Bertz CT molecular complexity index is 1170. The van der Waals surface area contributed by atoms with Crippen molar-refractivity contribution < 1.29 is 34.2 Å². The first-order chi connectivity index (χ1) is 17.2. The van der Waals surface area contributed by atoms with Crippen molar-refractivity contribution in [2.75, 3.05) is 19.8 Å². The van der Waals surface area contributed by atoms with Crippen molar-refractivity contribution in [3.05, 3.63) is 70.9 Å². The number of benzene rings is 2. The number of aliphatic carboxylic acids is 1. The van der Waals surface area contributed by atoms with Gasteiger partial charge in [-0.1, -0.05) is 48.0 Å². The smallest absolute Gasteiger partial charge is 0.309 e. The lowest BCUT2D eigenvalue weighted by molar-refractivity contribution is -0.150. The minimum absolute atomic E-state index is 0.104.